The van der Waals surface area contributed by atoms with Crippen molar-refractivity contribution in [3.63, 3.8) is 0 Å². The van der Waals surface area contributed by atoms with Gasteiger partial charge in [-0.3, -0.25) is 14.2 Å². The first-order valence-electron chi connectivity index (χ1n) is 10.5. The molecule has 0 saturated carbocycles. The fraction of sp³-hybridized carbons (Fsp3) is 0.200. The number of thiazole rings is 1. The molecule has 8 nitrogen and oxygen atoms in total. The molecule has 0 atom stereocenters. The monoisotopic (exact) mass is 480 g/mol. The number of anilines is 1. The Kier molecular flexibility index (Phi) is 7.80. The summed E-state index contributed by atoms with van der Waals surface area (Å²) >= 11 is 1.04. The second kappa shape index (κ2) is 10.8. The number of aromatic nitrogens is 1. The number of aryl methyl sites for hydroxylation is 2. The first-order chi connectivity index (χ1) is 16.2. The van der Waals surface area contributed by atoms with E-state index in [1.165, 1.54) is 22.8 Å². The zero-order valence-electron chi connectivity index (χ0n) is 19.0. The molecule has 34 heavy (non-hydrogen) atoms. The van der Waals surface area contributed by atoms with Crippen molar-refractivity contribution in [1.82, 2.24) is 4.57 Å². The molecule has 1 heterocycles. The maximum atomic E-state index is 13.1. The Balaban J connectivity index is 2.01. The van der Waals surface area contributed by atoms with Crippen molar-refractivity contribution in [2.45, 2.75) is 27.3 Å². The van der Waals surface area contributed by atoms with E-state index in [-0.39, 0.29) is 27.9 Å². The summed E-state index contributed by atoms with van der Waals surface area (Å²) in [6.45, 7) is 5.34. The number of ether oxygens (including phenoxy) is 1. The predicted octanol–water partition coefficient (Wildman–Crippen LogP) is 2.04. The van der Waals surface area contributed by atoms with Crippen molar-refractivity contribution in [2.24, 2.45) is 0 Å². The third-order valence-corrected chi connectivity index (χ3v) is 5.95. The number of carbonyl (C=O) groups excluding carboxylic acids is 2. The van der Waals surface area contributed by atoms with Crippen LogP contribution in [-0.2, 0) is 20.9 Å². The van der Waals surface area contributed by atoms with Gasteiger partial charge in [0.15, 0.2) is 0 Å². The number of nitrogens with zero attached hydrogens (tertiary/aromatic N) is 1. The number of esters is 1. The fourth-order valence-corrected chi connectivity index (χ4v) is 4.19. The third-order valence-electron chi connectivity index (χ3n) is 4.89. The summed E-state index contributed by atoms with van der Waals surface area (Å²) in [5.41, 5.74) is 2.80. The molecule has 0 unspecified atom stereocenters. The van der Waals surface area contributed by atoms with Crippen LogP contribution in [0.15, 0.2) is 47.3 Å². The average Bonchev–Trinajstić information content (AvgIpc) is 3.05. The summed E-state index contributed by atoms with van der Waals surface area (Å²) in [6, 6.07) is 11.7. The first kappa shape index (κ1) is 24.7. The smallest absolute Gasteiger partial charge is 0.335 e. The van der Waals surface area contributed by atoms with E-state index in [1.807, 2.05) is 32.0 Å². The van der Waals surface area contributed by atoms with E-state index in [1.54, 1.807) is 25.1 Å². The number of rotatable bonds is 7. The van der Waals surface area contributed by atoms with E-state index in [0.29, 0.717) is 11.3 Å². The number of carboxylic acid groups (broad SMARTS) is 1. The normalized spacial score (nSPS) is 12.0. The van der Waals surface area contributed by atoms with Gasteiger partial charge in [-0.15, -0.1) is 11.3 Å². The van der Waals surface area contributed by atoms with Crippen LogP contribution in [0.4, 0.5) is 5.69 Å². The number of carbonyl (C=O) groups is 3. The molecule has 3 aromatic rings. The van der Waals surface area contributed by atoms with Crippen molar-refractivity contribution < 1.29 is 24.2 Å². The number of amides is 1. The number of hydrogen-bond donors (Lipinski definition) is 2. The summed E-state index contributed by atoms with van der Waals surface area (Å²) in [5, 5.41) is 11.9. The lowest BCUT2D eigenvalue weighted by Gasteiger charge is -2.09. The molecular formula is C25H24N2O6S. The molecule has 2 N–H and O–H groups in total. The topological polar surface area (TPSA) is 115 Å². The van der Waals surface area contributed by atoms with Crippen molar-refractivity contribution in [3.05, 3.63) is 84.3 Å². The van der Waals surface area contributed by atoms with Crippen LogP contribution in [0.1, 0.15) is 34.0 Å². The second-order valence-electron chi connectivity index (χ2n) is 7.53. The van der Waals surface area contributed by atoms with Gasteiger partial charge in [0, 0.05) is 5.69 Å². The maximum absolute atomic E-state index is 13.1. The minimum Gasteiger partial charge on any atom is -0.478 e. The summed E-state index contributed by atoms with van der Waals surface area (Å²) in [4.78, 5) is 49.0. The highest BCUT2D eigenvalue weighted by molar-refractivity contribution is 7.07. The Bertz CT molecular complexity index is 1420. The summed E-state index contributed by atoms with van der Waals surface area (Å²) < 4.78 is 6.75. The molecular weight excluding hydrogens is 456 g/mol. The Hall–Kier alpha value is -3.98. The van der Waals surface area contributed by atoms with Gasteiger partial charge in [-0.25, -0.2) is 9.59 Å². The van der Waals surface area contributed by atoms with Gasteiger partial charge in [-0.2, -0.15) is 0 Å². The number of benzene rings is 2. The van der Waals surface area contributed by atoms with Gasteiger partial charge in [-0.05, 0) is 61.7 Å². The van der Waals surface area contributed by atoms with E-state index in [9.17, 15) is 19.2 Å². The van der Waals surface area contributed by atoms with Crippen LogP contribution in [0.3, 0.4) is 0 Å². The van der Waals surface area contributed by atoms with E-state index >= 15 is 0 Å². The van der Waals surface area contributed by atoms with E-state index in [4.69, 9.17) is 9.84 Å². The highest BCUT2D eigenvalue weighted by atomic mass is 32.1. The molecule has 1 amide bonds. The summed E-state index contributed by atoms with van der Waals surface area (Å²) in [7, 11) is 0. The first-order valence-corrected chi connectivity index (χ1v) is 11.3. The number of hydrogen-bond acceptors (Lipinski definition) is 6. The molecule has 0 spiro atoms. The molecule has 9 heteroatoms. The van der Waals surface area contributed by atoms with Crippen molar-refractivity contribution in [2.75, 3.05) is 11.9 Å². The SMILES string of the molecule is CCOC(=O)/C=c1\s/c(=C/c2ccc(C(=O)O)cc2)c(=O)n1CC(=O)Nc1cc(C)ccc1C. The van der Waals surface area contributed by atoms with Crippen LogP contribution in [0.25, 0.3) is 12.2 Å². The standard InChI is InChI=1S/C25H24N2O6S/c1-4-33-23(29)13-22-27(14-21(28)26-19-11-15(2)5-6-16(19)3)24(30)20(34-22)12-17-7-9-18(10-8-17)25(31)32/h5-13H,4,14H2,1-3H3,(H,26,28)(H,31,32)/b20-12+,22-13-. The number of carboxylic acids is 1. The van der Waals surface area contributed by atoms with E-state index in [2.05, 4.69) is 5.32 Å². The van der Waals surface area contributed by atoms with Crippen LogP contribution in [-0.4, -0.2) is 34.1 Å². The number of nitrogens with one attached hydrogen (secondary N) is 1. The molecule has 0 aliphatic carbocycles. The van der Waals surface area contributed by atoms with Gasteiger partial charge in [0.05, 0.1) is 22.8 Å². The lowest BCUT2D eigenvalue weighted by Crippen LogP contribution is -2.36. The number of aromatic carboxylic acids is 1. The molecule has 0 aliphatic heterocycles. The van der Waals surface area contributed by atoms with Gasteiger partial charge in [-0.1, -0.05) is 24.3 Å². The summed E-state index contributed by atoms with van der Waals surface area (Å²) in [5.74, 6) is -2.08. The molecule has 0 aliphatic rings. The zero-order valence-corrected chi connectivity index (χ0v) is 19.8. The van der Waals surface area contributed by atoms with Gasteiger partial charge in [0.2, 0.25) is 5.91 Å². The third kappa shape index (κ3) is 6.08. The Morgan fingerprint density at radius 2 is 1.82 bits per heavy atom. The molecule has 2 aromatic carbocycles. The van der Waals surface area contributed by atoms with Gasteiger partial charge in [0.1, 0.15) is 11.2 Å². The van der Waals surface area contributed by atoms with Crippen molar-refractivity contribution in [1.29, 1.82) is 0 Å². The molecule has 1 aromatic heterocycles. The Labute approximate surface area is 199 Å². The highest BCUT2D eigenvalue weighted by Crippen LogP contribution is 2.16. The lowest BCUT2D eigenvalue weighted by atomic mass is 10.1. The van der Waals surface area contributed by atoms with Crippen LogP contribution in [0.2, 0.25) is 0 Å². The minimum absolute atomic E-state index is 0.125. The van der Waals surface area contributed by atoms with Crippen molar-refractivity contribution >= 4 is 47.0 Å². The molecule has 3 rings (SSSR count). The minimum atomic E-state index is -1.05. The molecule has 0 fully saturated rings. The predicted molar refractivity (Wildman–Crippen MR) is 130 cm³/mol. The van der Waals surface area contributed by atoms with Gasteiger partial charge >= 0.3 is 11.9 Å². The molecule has 0 bridgehead atoms. The van der Waals surface area contributed by atoms with E-state index in [0.717, 1.165) is 22.5 Å². The van der Waals surface area contributed by atoms with Gasteiger partial charge in [0.25, 0.3) is 5.56 Å². The quantitative estimate of drug-likeness (QED) is 0.500. The van der Waals surface area contributed by atoms with Crippen LogP contribution in [0, 0.1) is 13.8 Å². The second-order valence-corrected chi connectivity index (χ2v) is 8.59. The molecule has 176 valence electrons. The highest BCUT2D eigenvalue weighted by Gasteiger charge is 2.12. The van der Waals surface area contributed by atoms with E-state index < -0.39 is 23.4 Å². The zero-order chi connectivity index (χ0) is 24.8. The van der Waals surface area contributed by atoms with Crippen LogP contribution in [0.5, 0.6) is 0 Å². The molecule has 0 radical (unpaired) electrons. The lowest BCUT2D eigenvalue weighted by molar-refractivity contribution is -0.135. The van der Waals surface area contributed by atoms with Crippen molar-refractivity contribution in [3.8, 4) is 0 Å². The van der Waals surface area contributed by atoms with Gasteiger partial charge < -0.3 is 15.2 Å². The molecule has 0 saturated heterocycles. The average molecular weight is 481 g/mol. The van der Waals surface area contributed by atoms with Crippen LogP contribution >= 0.6 is 11.3 Å². The largest absolute Gasteiger partial charge is 0.478 e. The van der Waals surface area contributed by atoms with Crippen LogP contribution < -0.4 is 20.1 Å². The maximum Gasteiger partial charge on any atom is 0.335 e. The Morgan fingerprint density at radius 1 is 1.12 bits per heavy atom. The Morgan fingerprint density at radius 3 is 2.47 bits per heavy atom. The summed E-state index contributed by atoms with van der Waals surface area (Å²) in [6.07, 6.45) is 2.77. The fourth-order valence-electron chi connectivity index (χ4n) is 3.15.